The van der Waals surface area contributed by atoms with Crippen LogP contribution in [-0.2, 0) is 13.0 Å². The van der Waals surface area contributed by atoms with Crippen LogP contribution in [-0.4, -0.2) is 16.1 Å². The number of carbonyl (C=O) groups is 1. The quantitative estimate of drug-likeness (QED) is 0.807. The Balaban J connectivity index is 1.56. The van der Waals surface area contributed by atoms with E-state index >= 15 is 0 Å². The molecule has 0 radical (unpaired) electrons. The van der Waals surface area contributed by atoms with Gasteiger partial charge in [0, 0.05) is 17.7 Å². The first-order chi connectivity index (χ1) is 11.7. The van der Waals surface area contributed by atoms with Crippen LogP contribution < -0.4 is 5.32 Å². The maximum absolute atomic E-state index is 11.8. The molecule has 4 rings (SSSR count). The first-order valence-electron chi connectivity index (χ1n) is 7.98. The molecule has 1 N–H and O–H groups in total. The highest BCUT2D eigenvalue weighted by Crippen LogP contribution is 2.22. The van der Waals surface area contributed by atoms with Gasteiger partial charge in [-0.3, -0.25) is 4.79 Å². The molecule has 118 valence electrons. The van der Waals surface area contributed by atoms with Crippen LogP contribution in [0.2, 0.25) is 0 Å². The molecule has 1 aliphatic heterocycles. The van der Waals surface area contributed by atoms with Crippen molar-refractivity contribution in [3.63, 3.8) is 0 Å². The van der Waals surface area contributed by atoms with Gasteiger partial charge in [0.1, 0.15) is 0 Å². The smallest absolute Gasteiger partial charge is 0.251 e. The first-order valence-corrected chi connectivity index (χ1v) is 7.98. The second kappa shape index (κ2) is 5.89. The van der Waals surface area contributed by atoms with Gasteiger partial charge >= 0.3 is 0 Å². The highest BCUT2D eigenvalue weighted by Gasteiger charge is 2.18. The van der Waals surface area contributed by atoms with Crippen LogP contribution in [0.1, 0.15) is 32.7 Å². The van der Waals surface area contributed by atoms with Gasteiger partial charge in [-0.1, -0.05) is 36.4 Å². The summed E-state index contributed by atoms with van der Waals surface area (Å²) in [5, 5.41) is 10.9. The van der Waals surface area contributed by atoms with Crippen molar-refractivity contribution in [3.8, 4) is 11.1 Å². The Hall–Kier alpha value is -3.01. The number of aryl methyl sites for hydroxylation is 1. The van der Waals surface area contributed by atoms with Gasteiger partial charge in [0.2, 0.25) is 0 Å². The molecule has 0 bridgehead atoms. The summed E-state index contributed by atoms with van der Waals surface area (Å²) in [4.78, 5) is 11.8. The second-order valence-corrected chi connectivity index (χ2v) is 6.13. The first kappa shape index (κ1) is 14.6. The number of hydrogen-bond acceptors (Lipinski definition) is 3. The summed E-state index contributed by atoms with van der Waals surface area (Å²) in [6.07, 6.45) is 2.59. The Morgan fingerprint density at radius 3 is 2.58 bits per heavy atom. The molecule has 3 aromatic rings. The lowest BCUT2D eigenvalue weighted by molar-refractivity contribution is 0.0965. The molecule has 1 aromatic heterocycles. The van der Waals surface area contributed by atoms with Gasteiger partial charge in [-0.2, -0.15) is 10.2 Å². The number of carbonyl (C=O) groups excluding carboxylic acids is 1. The van der Waals surface area contributed by atoms with E-state index in [0.29, 0.717) is 6.54 Å². The van der Waals surface area contributed by atoms with E-state index in [1.165, 1.54) is 5.56 Å². The molecule has 0 aliphatic carbocycles. The zero-order valence-corrected chi connectivity index (χ0v) is 13.4. The zero-order chi connectivity index (χ0) is 16.5. The third kappa shape index (κ3) is 2.78. The lowest BCUT2D eigenvalue weighted by Crippen LogP contribution is -2.12. The van der Waals surface area contributed by atoms with Gasteiger partial charge in [0.15, 0.2) is 0 Å². The number of nitrogens with one attached hydrogen (secondary N) is 1. The molecular weight excluding hydrogens is 298 g/mol. The van der Waals surface area contributed by atoms with Crippen molar-refractivity contribution in [2.45, 2.75) is 19.9 Å². The number of rotatable bonds is 3. The summed E-state index contributed by atoms with van der Waals surface area (Å²) < 4.78 is 0. The third-order valence-electron chi connectivity index (χ3n) is 4.33. The minimum atomic E-state index is 0.0303. The minimum Gasteiger partial charge on any atom is -0.348 e. The van der Waals surface area contributed by atoms with E-state index in [1.807, 2.05) is 25.1 Å². The molecule has 0 saturated carbocycles. The molecule has 0 unspecified atom stereocenters. The number of fused-ring (bicyclic) bond motifs is 1. The van der Waals surface area contributed by atoms with Crippen LogP contribution in [0, 0.1) is 6.92 Å². The predicted molar refractivity (Wildman–Crippen MR) is 92.6 cm³/mol. The van der Waals surface area contributed by atoms with Crippen LogP contribution >= 0.6 is 0 Å². The summed E-state index contributed by atoms with van der Waals surface area (Å²) >= 11 is 0. The van der Waals surface area contributed by atoms with Gasteiger partial charge in [-0.05, 0) is 47.7 Å². The maximum atomic E-state index is 11.8. The standard InChI is InChI=1S/C20H17N3O/c1-13-8-18(12-22-23-13)16-5-2-14(3-6-16)9-15-4-7-17-11-21-20(24)19(17)10-15/h2-8,10,12H,9,11H2,1H3,(H,21,24). The Kier molecular flexibility index (Phi) is 3.58. The van der Waals surface area contributed by atoms with E-state index in [2.05, 4.69) is 45.8 Å². The zero-order valence-electron chi connectivity index (χ0n) is 13.4. The molecule has 2 aromatic carbocycles. The Bertz CT molecular complexity index is 916. The molecule has 0 atom stereocenters. The van der Waals surface area contributed by atoms with Crippen molar-refractivity contribution in [1.29, 1.82) is 0 Å². The highest BCUT2D eigenvalue weighted by atomic mass is 16.1. The summed E-state index contributed by atoms with van der Waals surface area (Å²) in [7, 11) is 0. The highest BCUT2D eigenvalue weighted by molar-refractivity contribution is 5.98. The maximum Gasteiger partial charge on any atom is 0.251 e. The number of aromatic nitrogens is 2. The monoisotopic (exact) mass is 315 g/mol. The number of hydrogen-bond donors (Lipinski definition) is 1. The fourth-order valence-electron chi connectivity index (χ4n) is 3.05. The van der Waals surface area contributed by atoms with Gasteiger partial charge in [0.05, 0.1) is 11.9 Å². The van der Waals surface area contributed by atoms with E-state index in [4.69, 9.17) is 0 Å². The van der Waals surface area contributed by atoms with Crippen LogP contribution in [0.25, 0.3) is 11.1 Å². The summed E-state index contributed by atoms with van der Waals surface area (Å²) in [5.41, 5.74) is 7.37. The van der Waals surface area contributed by atoms with E-state index in [-0.39, 0.29) is 5.91 Å². The van der Waals surface area contributed by atoms with Crippen LogP contribution in [0.3, 0.4) is 0 Å². The number of benzene rings is 2. The molecule has 24 heavy (non-hydrogen) atoms. The van der Waals surface area contributed by atoms with Crippen molar-refractivity contribution in [2.24, 2.45) is 0 Å². The van der Waals surface area contributed by atoms with Crippen molar-refractivity contribution in [1.82, 2.24) is 15.5 Å². The molecule has 2 heterocycles. The molecule has 1 amide bonds. The minimum absolute atomic E-state index is 0.0303. The van der Waals surface area contributed by atoms with Crippen molar-refractivity contribution >= 4 is 5.91 Å². The topological polar surface area (TPSA) is 54.9 Å². The summed E-state index contributed by atoms with van der Waals surface area (Å²) in [5.74, 6) is 0.0303. The summed E-state index contributed by atoms with van der Waals surface area (Å²) in [6.45, 7) is 2.58. The Morgan fingerprint density at radius 1 is 1.00 bits per heavy atom. The normalized spacial score (nSPS) is 12.8. The summed E-state index contributed by atoms with van der Waals surface area (Å²) in [6, 6.07) is 16.6. The van der Waals surface area contributed by atoms with Gasteiger partial charge < -0.3 is 5.32 Å². The second-order valence-electron chi connectivity index (χ2n) is 6.13. The molecule has 4 nitrogen and oxygen atoms in total. The van der Waals surface area contributed by atoms with Gasteiger partial charge in [0.25, 0.3) is 5.91 Å². The molecule has 0 spiro atoms. The Morgan fingerprint density at radius 2 is 1.79 bits per heavy atom. The van der Waals surface area contributed by atoms with E-state index in [1.54, 1.807) is 6.20 Å². The van der Waals surface area contributed by atoms with Crippen LogP contribution in [0.15, 0.2) is 54.7 Å². The fraction of sp³-hybridized carbons (Fsp3) is 0.150. The SMILES string of the molecule is Cc1cc(-c2ccc(Cc3ccc4c(c3)C(=O)NC4)cc2)cnn1. The number of nitrogens with zero attached hydrogens (tertiary/aromatic N) is 2. The predicted octanol–water partition coefficient (Wildman–Crippen LogP) is 3.29. The number of amides is 1. The molecule has 0 saturated heterocycles. The average Bonchev–Trinajstić information content (AvgIpc) is 2.96. The van der Waals surface area contributed by atoms with Crippen molar-refractivity contribution in [2.75, 3.05) is 0 Å². The van der Waals surface area contributed by atoms with Crippen LogP contribution in [0.4, 0.5) is 0 Å². The van der Waals surface area contributed by atoms with E-state index in [9.17, 15) is 4.79 Å². The molecule has 4 heteroatoms. The van der Waals surface area contributed by atoms with E-state index < -0.39 is 0 Å². The Labute approximate surface area is 140 Å². The molecule has 1 aliphatic rings. The van der Waals surface area contributed by atoms with Crippen molar-refractivity contribution < 1.29 is 4.79 Å². The van der Waals surface area contributed by atoms with E-state index in [0.717, 1.165) is 39.9 Å². The lowest BCUT2D eigenvalue weighted by Gasteiger charge is -2.06. The third-order valence-corrected chi connectivity index (χ3v) is 4.33. The molecular formula is C20H17N3O. The van der Waals surface area contributed by atoms with Crippen molar-refractivity contribution in [3.05, 3.63) is 82.7 Å². The van der Waals surface area contributed by atoms with Gasteiger partial charge in [-0.25, -0.2) is 0 Å². The molecule has 0 fully saturated rings. The lowest BCUT2D eigenvalue weighted by atomic mass is 9.98. The average molecular weight is 315 g/mol. The fourth-order valence-corrected chi connectivity index (χ4v) is 3.05. The van der Waals surface area contributed by atoms with Gasteiger partial charge in [-0.15, -0.1) is 0 Å². The van der Waals surface area contributed by atoms with Crippen LogP contribution in [0.5, 0.6) is 0 Å². The largest absolute Gasteiger partial charge is 0.348 e.